The van der Waals surface area contributed by atoms with Gasteiger partial charge in [-0.1, -0.05) is 5.11 Å². The first-order valence-electron chi connectivity index (χ1n) is 4.67. The van der Waals surface area contributed by atoms with Crippen LogP contribution in [0.3, 0.4) is 0 Å². The van der Waals surface area contributed by atoms with Crippen LogP contribution in [0, 0.1) is 0 Å². The Bertz CT molecular complexity index is 306. The molecule has 1 N–H and O–H groups in total. The van der Waals surface area contributed by atoms with Gasteiger partial charge in [-0.3, -0.25) is 9.59 Å². The first kappa shape index (κ1) is 11.3. The monoisotopic (exact) mass is 211 g/mol. The van der Waals surface area contributed by atoms with Crippen molar-refractivity contribution in [2.75, 3.05) is 20.1 Å². The minimum Gasteiger partial charge on any atom is -0.352 e. The molecule has 0 atom stereocenters. The lowest BCUT2D eigenvalue weighted by Crippen LogP contribution is -2.39. The molecular formula is C8H13N5O2. The fourth-order valence-electron chi connectivity index (χ4n) is 1.02. The van der Waals surface area contributed by atoms with Crippen molar-refractivity contribution in [3.05, 3.63) is 10.4 Å². The van der Waals surface area contributed by atoms with Gasteiger partial charge in [0.2, 0.25) is 11.8 Å². The number of azide groups is 1. The van der Waals surface area contributed by atoms with Crippen LogP contribution >= 0.6 is 0 Å². The highest BCUT2D eigenvalue weighted by molar-refractivity contribution is 5.85. The fraction of sp³-hybridized carbons (Fsp3) is 0.750. The van der Waals surface area contributed by atoms with Crippen molar-refractivity contribution in [2.24, 2.45) is 5.11 Å². The van der Waals surface area contributed by atoms with Gasteiger partial charge in [-0.25, -0.2) is 0 Å². The van der Waals surface area contributed by atoms with E-state index in [2.05, 4.69) is 15.3 Å². The number of hydrogen-bond donors (Lipinski definition) is 1. The molecule has 15 heavy (non-hydrogen) atoms. The van der Waals surface area contributed by atoms with E-state index in [9.17, 15) is 9.59 Å². The Morgan fingerprint density at radius 2 is 2.27 bits per heavy atom. The minimum absolute atomic E-state index is 0.0102. The summed E-state index contributed by atoms with van der Waals surface area (Å²) in [5.41, 5.74) is 8.01. The van der Waals surface area contributed by atoms with Crippen molar-refractivity contribution in [2.45, 2.75) is 18.9 Å². The molecule has 1 fully saturated rings. The van der Waals surface area contributed by atoms with Crippen molar-refractivity contribution in [3.8, 4) is 0 Å². The Labute approximate surface area is 87.1 Å². The molecule has 0 heterocycles. The van der Waals surface area contributed by atoms with Crippen LogP contribution in [0.1, 0.15) is 12.8 Å². The van der Waals surface area contributed by atoms with Crippen LogP contribution in [0.25, 0.3) is 10.4 Å². The van der Waals surface area contributed by atoms with Crippen LogP contribution in [0.5, 0.6) is 0 Å². The SMILES string of the molecule is CN(CC(=O)NC1CC1)C(=O)CN=[N+]=[N-]. The smallest absolute Gasteiger partial charge is 0.239 e. The summed E-state index contributed by atoms with van der Waals surface area (Å²) >= 11 is 0. The maximum absolute atomic E-state index is 11.3. The molecule has 0 radical (unpaired) electrons. The molecule has 0 aromatic carbocycles. The molecule has 7 nitrogen and oxygen atoms in total. The predicted octanol–water partition coefficient (Wildman–Crippen LogP) is 0.0337. The van der Waals surface area contributed by atoms with Crippen LogP contribution in [-0.4, -0.2) is 42.9 Å². The third kappa shape index (κ3) is 4.33. The summed E-state index contributed by atoms with van der Waals surface area (Å²) in [6, 6.07) is 0.290. The third-order valence-electron chi connectivity index (χ3n) is 2.02. The lowest BCUT2D eigenvalue weighted by atomic mass is 10.4. The van der Waals surface area contributed by atoms with E-state index in [4.69, 9.17) is 5.53 Å². The van der Waals surface area contributed by atoms with Gasteiger partial charge in [-0.2, -0.15) is 0 Å². The molecule has 0 aromatic heterocycles. The van der Waals surface area contributed by atoms with Gasteiger partial charge in [0, 0.05) is 18.0 Å². The van der Waals surface area contributed by atoms with Gasteiger partial charge in [0.15, 0.2) is 0 Å². The highest BCUT2D eigenvalue weighted by Gasteiger charge is 2.24. The quantitative estimate of drug-likeness (QED) is 0.394. The first-order valence-corrected chi connectivity index (χ1v) is 4.67. The predicted molar refractivity (Wildman–Crippen MR) is 52.8 cm³/mol. The molecule has 1 rings (SSSR count). The molecule has 1 aliphatic carbocycles. The van der Waals surface area contributed by atoms with E-state index in [1.165, 1.54) is 11.9 Å². The molecule has 0 saturated heterocycles. The topological polar surface area (TPSA) is 98.2 Å². The Balaban J connectivity index is 2.25. The van der Waals surface area contributed by atoms with Crippen molar-refractivity contribution >= 4 is 11.8 Å². The van der Waals surface area contributed by atoms with Crippen LogP contribution < -0.4 is 5.32 Å². The van der Waals surface area contributed by atoms with E-state index < -0.39 is 0 Å². The molecule has 82 valence electrons. The largest absolute Gasteiger partial charge is 0.352 e. The standard InChI is InChI=1S/C8H13N5O2/c1-13(8(15)4-10-12-9)5-7(14)11-6-2-3-6/h6H,2-5H2,1H3,(H,11,14). The summed E-state index contributed by atoms with van der Waals surface area (Å²) in [5, 5.41) is 5.89. The zero-order valence-electron chi connectivity index (χ0n) is 8.51. The van der Waals surface area contributed by atoms with Crippen LogP contribution in [-0.2, 0) is 9.59 Å². The molecule has 7 heteroatoms. The summed E-state index contributed by atoms with van der Waals surface area (Å²) in [6.45, 7) is -0.236. The molecule has 0 bridgehead atoms. The minimum atomic E-state index is -0.362. The lowest BCUT2D eigenvalue weighted by Gasteiger charge is -2.15. The van der Waals surface area contributed by atoms with Crippen molar-refractivity contribution in [1.29, 1.82) is 0 Å². The lowest BCUT2D eigenvalue weighted by molar-refractivity contribution is -0.133. The van der Waals surface area contributed by atoms with Crippen molar-refractivity contribution in [1.82, 2.24) is 10.2 Å². The van der Waals surface area contributed by atoms with Crippen molar-refractivity contribution < 1.29 is 9.59 Å². The zero-order valence-corrected chi connectivity index (χ0v) is 8.51. The second-order valence-corrected chi connectivity index (χ2v) is 3.48. The van der Waals surface area contributed by atoms with Crippen LogP contribution in [0.2, 0.25) is 0 Å². The first-order chi connectivity index (χ1) is 7.13. The number of rotatable bonds is 5. The van der Waals surface area contributed by atoms with E-state index in [0.29, 0.717) is 0 Å². The molecular weight excluding hydrogens is 198 g/mol. The van der Waals surface area contributed by atoms with E-state index in [-0.39, 0.29) is 30.9 Å². The van der Waals surface area contributed by atoms with E-state index in [1.54, 1.807) is 0 Å². The fourth-order valence-corrected chi connectivity index (χ4v) is 1.02. The number of likely N-dealkylation sites (N-methyl/N-ethyl adjacent to an activating group) is 1. The van der Waals surface area contributed by atoms with Gasteiger partial charge < -0.3 is 10.2 Å². The third-order valence-corrected chi connectivity index (χ3v) is 2.02. The van der Waals surface area contributed by atoms with E-state index in [1.807, 2.05) is 0 Å². The van der Waals surface area contributed by atoms with Gasteiger partial charge in [0.1, 0.15) is 6.54 Å². The van der Waals surface area contributed by atoms with Crippen LogP contribution in [0.15, 0.2) is 5.11 Å². The van der Waals surface area contributed by atoms with Gasteiger partial charge in [-0.05, 0) is 18.4 Å². The van der Waals surface area contributed by atoms with Gasteiger partial charge >= 0.3 is 0 Å². The van der Waals surface area contributed by atoms with E-state index in [0.717, 1.165) is 12.8 Å². The summed E-state index contributed by atoms with van der Waals surface area (Å²) in [4.78, 5) is 26.2. The van der Waals surface area contributed by atoms with Crippen molar-refractivity contribution in [3.63, 3.8) is 0 Å². The summed E-state index contributed by atoms with van der Waals surface area (Å²) in [5.74, 6) is -0.534. The number of nitrogens with zero attached hydrogens (tertiary/aromatic N) is 4. The Kier molecular flexibility index (Phi) is 3.93. The molecule has 1 aliphatic rings. The maximum atomic E-state index is 11.3. The molecule has 0 spiro atoms. The summed E-state index contributed by atoms with van der Waals surface area (Å²) in [6.07, 6.45) is 2.03. The highest BCUT2D eigenvalue weighted by Crippen LogP contribution is 2.18. The number of nitrogens with one attached hydrogen (secondary N) is 1. The second kappa shape index (κ2) is 5.21. The Morgan fingerprint density at radius 3 is 2.80 bits per heavy atom. The normalized spacial score (nSPS) is 13.9. The van der Waals surface area contributed by atoms with E-state index >= 15 is 0 Å². The summed E-state index contributed by atoms with van der Waals surface area (Å²) in [7, 11) is 1.50. The Hall–Kier alpha value is -1.75. The Morgan fingerprint density at radius 1 is 1.60 bits per heavy atom. The zero-order chi connectivity index (χ0) is 11.3. The summed E-state index contributed by atoms with van der Waals surface area (Å²) < 4.78 is 0. The van der Waals surface area contributed by atoms with Gasteiger partial charge in [0.25, 0.3) is 0 Å². The number of amides is 2. The maximum Gasteiger partial charge on any atom is 0.239 e. The molecule has 0 aromatic rings. The number of carbonyl (C=O) groups is 2. The average Bonchev–Trinajstić information content (AvgIpc) is 2.97. The molecule has 0 unspecified atom stereocenters. The number of carbonyl (C=O) groups excluding carboxylic acids is 2. The highest BCUT2D eigenvalue weighted by atomic mass is 16.2. The van der Waals surface area contributed by atoms with Gasteiger partial charge in [-0.15, -0.1) is 0 Å². The number of hydrogen-bond acceptors (Lipinski definition) is 3. The van der Waals surface area contributed by atoms with Gasteiger partial charge in [0.05, 0.1) is 6.54 Å². The molecule has 0 aliphatic heterocycles. The second-order valence-electron chi connectivity index (χ2n) is 3.48. The van der Waals surface area contributed by atoms with Crippen LogP contribution in [0.4, 0.5) is 0 Å². The average molecular weight is 211 g/mol. The molecule has 2 amide bonds. The molecule has 1 saturated carbocycles.